The van der Waals surface area contributed by atoms with Crippen molar-refractivity contribution in [3.05, 3.63) is 0 Å². The summed E-state index contributed by atoms with van der Waals surface area (Å²) in [5, 5.41) is 0. The molecule has 0 spiro atoms. The summed E-state index contributed by atoms with van der Waals surface area (Å²) in [7, 11) is 0. The highest BCUT2D eigenvalue weighted by Crippen LogP contribution is 2.08. The molecule has 86 valence electrons. The molecule has 0 fully saturated rings. The molecule has 4 heteroatoms. The van der Waals surface area contributed by atoms with E-state index in [1.54, 1.807) is 4.90 Å². The number of rotatable bonds is 8. The Morgan fingerprint density at radius 2 is 1.93 bits per heavy atom. The van der Waals surface area contributed by atoms with Crippen molar-refractivity contribution in [2.24, 2.45) is 11.7 Å². The maximum Gasteiger partial charge on any atom is 0.251 e. The molecule has 0 aliphatic carbocycles. The molecule has 14 heavy (non-hydrogen) atoms. The summed E-state index contributed by atoms with van der Waals surface area (Å²) in [4.78, 5) is 1.75. The van der Waals surface area contributed by atoms with Gasteiger partial charge in [-0.15, -0.1) is 0 Å². The van der Waals surface area contributed by atoms with Gasteiger partial charge in [0.2, 0.25) is 0 Å². The smallest absolute Gasteiger partial charge is 0.251 e. The first-order valence-electron chi connectivity index (χ1n) is 5.30. The minimum absolute atomic E-state index is 0.148. The Kier molecular flexibility index (Phi) is 7.99. The average molecular weight is 208 g/mol. The lowest BCUT2D eigenvalue weighted by atomic mass is 10.1. The highest BCUT2D eigenvalue weighted by atomic mass is 19.3. The molecule has 0 amide bonds. The lowest BCUT2D eigenvalue weighted by Gasteiger charge is -2.24. The van der Waals surface area contributed by atoms with E-state index in [4.69, 9.17) is 5.73 Å². The van der Waals surface area contributed by atoms with Crippen molar-refractivity contribution in [2.45, 2.75) is 33.1 Å². The van der Waals surface area contributed by atoms with Crippen LogP contribution in [-0.4, -0.2) is 37.5 Å². The van der Waals surface area contributed by atoms with Crippen LogP contribution in [0, 0.1) is 5.92 Å². The molecule has 0 saturated heterocycles. The molecule has 0 aliphatic rings. The number of halogens is 2. The zero-order chi connectivity index (χ0) is 11.0. The first-order valence-corrected chi connectivity index (χ1v) is 5.30. The Hall–Kier alpha value is -0.220. The Morgan fingerprint density at radius 1 is 1.29 bits per heavy atom. The minimum atomic E-state index is -2.25. The van der Waals surface area contributed by atoms with Crippen LogP contribution in [0.25, 0.3) is 0 Å². The van der Waals surface area contributed by atoms with Gasteiger partial charge in [0.1, 0.15) is 0 Å². The normalized spacial score (nSPS) is 13.9. The Bertz CT molecular complexity index is 131. The first kappa shape index (κ1) is 13.8. The summed E-state index contributed by atoms with van der Waals surface area (Å²) in [5.74, 6) is 0.477. The van der Waals surface area contributed by atoms with Crippen LogP contribution >= 0.6 is 0 Å². The van der Waals surface area contributed by atoms with E-state index in [9.17, 15) is 8.78 Å². The second-order valence-electron chi connectivity index (χ2n) is 3.83. The fourth-order valence-electron chi connectivity index (χ4n) is 1.66. The van der Waals surface area contributed by atoms with Crippen LogP contribution in [-0.2, 0) is 0 Å². The lowest BCUT2D eigenvalue weighted by Crippen LogP contribution is -2.36. The molecule has 0 saturated carbocycles. The van der Waals surface area contributed by atoms with E-state index in [0.29, 0.717) is 19.0 Å². The highest BCUT2D eigenvalue weighted by Gasteiger charge is 2.13. The molecule has 0 radical (unpaired) electrons. The van der Waals surface area contributed by atoms with Gasteiger partial charge in [0.05, 0.1) is 6.54 Å². The number of hydrogen-bond acceptors (Lipinski definition) is 2. The second-order valence-corrected chi connectivity index (χ2v) is 3.83. The largest absolute Gasteiger partial charge is 0.329 e. The van der Waals surface area contributed by atoms with E-state index >= 15 is 0 Å². The van der Waals surface area contributed by atoms with Crippen molar-refractivity contribution in [1.82, 2.24) is 4.90 Å². The number of alkyl halides is 2. The van der Waals surface area contributed by atoms with E-state index in [0.717, 1.165) is 19.4 Å². The Labute approximate surface area is 85.5 Å². The van der Waals surface area contributed by atoms with Crippen molar-refractivity contribution in [3.63, 3.8) is 0 Å². The number of nitrogens with two attached hydrogens (primary N) is 1. The molecule has 1 unspecified atom stereocenters. The molecule has 0 rings (SSSR count). The molecule has 2 nitrogen and oxygen atoms in total. The molecule has 0 heterocycles. The molecular weight excluding hydrogens is 186 g/mol. The van der Waals surface area contributed by atoms with Gasteiger partial charge in [0.25, 0.3) is 6.43 Å². The van der Waals surface area contributed by atoms with Crippen molar-refractivity contribution >= 4 is 0 Å². The van der Waals surface area contributed by atoms with Crippen molar-refractivity contribution in [2.75, 3.05) is 26.2 Å². The molecule has 1 atom stereocenters. The van der Waals surface area contributed by atoms with Crippen LogP contribution < -0.4 is 5.73 Å². The van der Waals surface area contributed by atoms with Gasteiger partial charge in [0.15, 0.2) is 0 Å². The maximum absolute atomic E-state index is 12.2. The van der Waals surface area contributed by atoms with Crippen molar-refractivity contribution < 1.29 is 8.78 Å². The highest BCUT2D eigenvalue weighted by molar-refractivity contribution is 4.64. The topological polar surface area (TPSA) is 29.3 Å². The quantitative estimate of drug-likeness (QED) is 0.660. The standard InChI is InChI=1S/C10H22F2N2/c1-3-4-9(2)7-14(6-5-13)8-10(11)12/h9-10H,3-8,13H2,1-2H3. The predicted molar refractivity (Wildman–Crippen MR) is 55.6 cm³/mol. The number of hydrogen-bond donors (Lipinski definition) is 1. The van der Waals surface area contributed by atoms with Gasteiger partial charge in [-0.1, -0.05) is 20.3 Å². The van der Waals surface area contributed by atoms with Crippen molar-refractivity contribution in [3.8, 4) is 0 Å². The third-order valence-corrected chi connectivity index (χ3v) is 2.19. The van der Waals surface area contributed by atoms with Crippen LogP contribution in [0.3, 0.4) is 0 Å². The average Bonchev–Trinajstić information content (AvgIpc) is 2.03. The van der Waals surface area contributed by atoms with Gasteiger partial charge in [-0.05, 0) is 12.3 Å². The van der Waals surface area contributed by atoms with Gasteiger partial charge in [0, 0.05) is 19.6 Å². The molecule has 0 aromatic heterocycles. The molecule has 2 N–H and O–H groups in total. The van der Waals surface area contributed by atoms with E-state index in [-0.39, 0.29) is 6.54 Å². The van der Waals surface area contributed by atoms with Crippen LogP contribution in [0.4, 0.5) is 8.78 Å². The predicted octanol–water partition coefficient (Wildman–Crippen LogP) is 1.95. The number of nitrogens with zero attached hydrogens (tertiary/aromatic N) is 1. The Morgan fingerprint density at radius 3 is 2.36 bits per heavy atom. The summed E-state index contributed by atoms with van der Waals surface area (Å²) >= 11 is 0. The van der Waals surface area contributed by atoms with E-state index in [1.165, 1.54) is 0 Å². The van der Waals surface area contributed by atoms with Crippen LogP contribution in [0.5, 0.6) is 0 Å². The fraction of sp³-hybridized carbons (Fsp3) is 1.00. The van der Waals surface area contributed by atoms with Gasteiger partial charge in [-0.2, -0.15) is 0 Å². The summed E-state index contributed by atoms with van der Waals surface area (Å²) in [6.07, 6.45) is -0.0632. The lowest BCUT2D eigenvalue weighted by molar-refractivity contribution is 0.0820. The van der Waals surface area contributed by atoms with Gasteiger partial charge in [-0.25, -0.2) is 8.78 Å². The minimum Gasteiger partial charge on any atom is -0.329 e. The van der Waals surface area contributed by atoms with Gasteiger partial charge >= 0.3 is 0 Å². The monoisotopic (exact) mass is 208 g/mol. The summed E-state index contributed by atoms with van der Waals surface area (Å²) in [6.45, 7) is 5.81. The van der Waals surface area contributed by atoms with E-state index in [1.807, 2.05) is 0 Å². The second kappa shape index (κ2) is 8.12. The Balaban J connectivity index is 3.81. The molecule has 0 bridgehead atoms. The molecule has 0 aromatic carbocycles. The molecule has 0 aromatic rings. The van der Waals surface area contributed by atoms with Gasteiger partial charge in [-0.3, -0.25) is 4.90 Å². The summed E-state index contributed by atoms with van der Waals surface area (Å²) in [5.41, 5.74) is 5.37. The third kappa shape index (κ3) is 7.21. The van der Waals surface area contributed by atoms with Gasteiger partial charge < -0.3 is 5.73 Å². The van der Waals surface area contributed by atoms with Crippen molar-refractivity contribution in [1.29, 1.82) is 0 Å². The molecular formula is C10H22F2N2. The molecule has 0 aliphatic heterocycles. The fourth-order valence-corrected chi connectivity index (χ4v) is 1.66. The third-order valence-electron chi connectivity index (χ3n) is 2.19. The van der Waals surface area contributed by atoms with E-state index in [2.05, 4.69) is 13.8 Å². The van der Waals surface area contributed by atoms with E-state index < -0.39 is 6.43 Å². The summed E-state index contributed by atoms with van der Waals surface area (Å²) in [6, 6.07) is 0. The van der Waals surface area contributed by atoms with Crippen LogP contribution in [0.2, 0.25) is 0 Å². The zero-order valence-electron chi connectivity index (χ0n) is 9.18. The van der Waals surface area contributed by atoms with Crippen LogP contribution in [0.15, 0.2) is 0 Å². The maximum atomic E-state index is 12.2. The first-order chi connectivity index (χ1) is 6.60. The van der Waals surface area contributed by atoms with Crippen LogP contribution in [0.1, 0.15) is 26.7 Å². The zero-order valence-corrected chi connectivity index (χ0v) is 9.18. The summed E-state index contributed by atoms with van der Waals surface area (Å²) < 4.78 is 24.3. The SMILES string of the molecule is CCCC(C)CN(CCN)CC(F)F.